The van der Waals surface area contributed by atoms with E-state index in [2.05, 4.69) is 37.1 Å². The third-order valence-corrected chi connectivity index (χ3v) is 6.31. The van der Waals surface area contributed by atoms with Crippen LogP contribution in [0.2, 0.25) is 5.02 Å². The van der Waals surface area contributed by atoms with Gasteiger partial charge in [0.1, 0.15) is 18.2 Å². The first kappa shape index (κ1) is 22.8. The fourth-order valence-corrected chi connectivity index (χ4v) is 4.36. The molecule has 0 radical (unpaired) electrons. The third kappa shape index (κ3) is 6.80. The molecule has 32 heavy (non-hydrogen) atoms. The van der Waals surface area contributed by atoms with Gasteiger partial charge in [-0.1, -0.05) is 29.4 Å². The molecule has 0 saturated carbocycles. The van der Waals surface area contributed by atoms with Gasteiger partial charge in [0.2, 0.25) is 0 Å². The van der Waals surface area contributed by atoms with Crippen molar-refractivity contribution >= 4 is 34.9 Å². The zero-order valence-corrected chi connectivity index (χ0v) is 19.6. The SMILES string of the molecule is CN1CCN(CCSc2nccc(Nc3ccc(OCc4ccccn4)c(Cl)c3)n2)CC1. The summed E-state index contributed by atoms with van der Waals surface area (Å²) >= 11 is 8.09. The van der Waals surface area contributed by atoms with Crippen molar-refractivity contribution < 1.29 is 4.74 Å². The number of rotatable bonds is 9. The average Bonchev–Trinajstić information content (AvgIpc) is 2.81. The van der Waals surface area contributed by atoms with Gasteiger partial charge in [-0.25, -0.2) is 9.97 Å². The minimum absolute atomic E-state index is 0.369. The van der Waals surface area contributed by atoms with Crippen LogP contribution in [0.5, 0.6) is 5.75 Å². The fourth-order valence-electron chi connectivity index (χ4n) is 3.30. The first-order chi connectivity index (χ1) is 15.7. The average molecular weight is 471 g/mol. The number of ether oxygens (including phenoxy) is 1. The molecule has 1 aliphatic heterocycles. The van der Waals surface area contributed by atoms with Gasteiger partial charge in [0.15, 0.2) is 5.16 Å². The molecule has 0 spiro atoms. The highest BCUT2D eigenvalue weighted by atomic mass is 35.5. The summed E-state index contributed by atoms with van der Waals surface area (Å²) in [5.41, 5.74) is 1.69. The van der Waals surface area contributed by atoms with Gasteiger partial charge in [0, 0.05) is 56.6 Å². The highest BCUT2D eigenvalue weighted by molar-refractivity contribution is 7.99. The van der Waals surface area contributed by atoms with Crippen LogP contribution < -0.4 is 10.1 Å². The van der Waals surface area contributed by atoms with Crippen LogP contribution in [0.1, 0.15) is 5.69 Å². The largest absolute Gasteiger partial charge is 0.486 e. The number of benzene rings is 1. The van der Waals surface area contributed by atoms with E-state index < -0.39 is 0 Å². The molecule has 1 saturated heterocycles. The molecular weight excluding hydrogens is 444 g/mol. The van der Waals surface area contributed by atoms with Crippen molar-refractivity contribution in [1.82, 2.24) is 24.8 Å². The Bertz CT molecular complexity index is 1000. The number of thioether (sulfide) groups is 1. The van der Waals surface area contributed by atoms with Gasteiger partial charge in [-0.2, -0.15) is 0 Å². The topological polar surface area (TPSA) is 66.4 Å². The van der Waals surface area contributed by atoms with Gasteiger partial charge in [-0.3, -0.25) is 9.88 Å². The molecule has 9 heteroatoms. The molecule has 3 aromatic rings. The Hall–Kier alpha value is -2.39. The van der Waals surface area contributed by atoms with Crippen molar-refractivity contribution in [2.45, 2.75) is 11.8 Å². The summed E-state index contributed by atoms with van der Waals surface area (Å²) in [5.74, 6) is 2.33. The Morgan fingerprint density at radius 1 is 1.06 bits per heavy atom. The van der Waals surface area contributed by atoms with Crippen molar-refractivity contribution in [3.63, 3.8) is 0 Å². The highest BCUT2D eigenvalue weighted by Crippen LogP contribution is 2.29. The highest BCUT2D eigenvalue weighted by Gasteiger charge is 2.13. The second kappa shape index (κ2) is 11.5. The number of pyridine rings is 1. The van der Waals surface area contributed by atoms with Crippen LogP contribution in [0.25, 0.3) is 0 Å². The Morgan fingerprint density at radius 2 is 1.94 bits per heavy atom. The summed E-state index contributed by atoms with van der Waals surface area (Å²) in [6, 6.07) is 13.2. The maximum Gasteiger partial charge on any atom is 0.189 e. The monoisotopic (exact) mass is 470 g/mol. The van der Waals surface area contributed by atoms with Crippen molar-refractivity contribution in [2.24, 2.45) is 0 Å². The molecule has 1 aromatic carbocycles. The summed E-state index contributed by atoms with van der Waals surface area (Å²) in [7, 11) is 2.17. The zero-order valence-electron chi connectivity index (χ0n) is 18.1. The number of piperazine rings is 1. The molecule has 1 N–H and O–H groups in total. The van der Waals surface area contributed by atoms with Crippen LogP contribution in [0.4, 0.5) is 11.5 Å². The Labute approximate surface area is 198 Å². The summed E-state index contributed by atoms with van der Waals surface area (Å²) < 4.78 is 5.79. The molecule has 0 unspecified atom stereocenters. The fraction of sp³-hybridized carbons (Fsp3) is 0.348. The predicted molar refractivity (Wildman–Crippen MR) is 130 cm³/mol. The number of hydrogen-bond donors (Lipinski definition) is 1. The van der Waals surface area contributed by atoms with E-state index >= 15 is 0 Å². The molecule has 0 atom stereocenters. The van der Waals surface area contributed by atoms with E-state index in [-0.39, 0.29) is 0 Å². The van der Waals surface area contributed by atoms with Gasteiger partial charge < -0.3 is 15.0 Å². The van der Waals surface area contributed by atoms with Crippen molar-refractivity contribution in [2.75, 3.05) is 50.8 Å². The number of nitrogens with one attached hydrogen (secondary N) is 1. The molecule has 1 aliphatic rings. The number of halogens is 1. The summed E-state index contributed by atoms with van der Waals surface area (Å²) in [6.45, 7) is 5.94. The first-order valence-electron chi connectivity index (χ1n) is 10.6. The Kier molecular flexibility index (Phi) is 8.17. The van der Waals surface area contributed by atoms with E-state index in [1.807, 2.05) is 42.5 Å². The molecule has 2 aromatic heterocycles. The van der Waals surface area contributed by atoms with Gasteiger partial charge in [-0.05, 0) is 43.4 Å². The second-order valence-corrected chi connectivity index (χ2v) is 9.07. The second-order valence-electron chi connectivity index (χ2n) is 7.60. The molecular formula is C23H27ClN6OS. The zero-order chi connectivity index (χ0) is 22.2. The smallest absolute Gasteiger partial charge is 0.189 e. The van der Waals surface area contributed by atoms with Gasteiger partial charge in [0.25, 0.3) is 0 Å². The number of hydrogen-bond acceptors (Lipinski definition) is 8. The van der Waals surface area contributed by atoms with Crippen LogP contribution in [0, 0.1) is 0 Å². The molecule has 0 bridgehead atoms. The molecule has 168 valence electrons. The third-order valence-electron chi connectivity index (χ3n) is 5.17. The van der Waals surface area contributed by atoms with Crippen molar-refractivity contribution in [3.8, 4) is 5.75 Å². The van der Waals surface area contributed by atoms with E-state index in [1.54, 1.807) is 24.2 Å². The van der Waals surface area contributed by atoms with Gasteiger partial charge in [-0.15, -0.1) is 0 Å². The predicted octanol–water partition coefficient (Wildman–Crippen LogP) is 4.19. The number of aromatic nitrogens is 3. The van der Waals surface area contributed by atoms with E-state index in [1.165, 1.54) is 0 Å². The van der Waals surface area contributed by atoms with Crippen LogP contribution in [0.3, 0.4) is 0 Å². The Balaban J connectivity index is 1.28. The number of anilines is 2. The standard InChI is InChI=1S/C23H27ClN6OS/c1-29-10-12-30(13-11-29)14-15-32-23-26-9-7-22(28-23)27-18-5-6-21(20(24)16-18)31-17-19-4-2-3-8-25-19/h2-9,16H,10-15,17H2,1H3,(H,26,27,28). The quantitative estimate of drug-likeness (QED) is 0.369. The molecule has 4 rings (SSSR count). The van der Waals surface area contributed by atoms with E-state index in [0.29, 0.717) is 17.4 Å². The van der Waals surface area contributed by atoms with Crippen LogP contribution >= 0.6 is 23.4 Å². The van der Waals surface area contributed by atoms with Crippen LogP contribution in [-0.2, 0) is 6.61 Å². The van der Waals surface area contributed by atoms with Crippen LogP contribution in [-0.4, -0.2) is 70.3 Å². The van der Waals surface area contributed by atoms with Crippen molar-refractivity contribution in [3.05, 3.63) is 65.6 Å². The molecule has 0 amide bonds. The van der Waals surface area contributed by atoms with E-state index in [0.717, 1.165) is 60.8 Å². The minimum Gasteiger partial charge on any atom is -0.486 e. The summed E-state index contributed by atoms with van der Waals surface area (Å²) in [5, 5.41) is 4.60. The van der Waals surface area contributed by atoms with Crippen molar-refractivity contribution in [1.29, 1.82) is 0 Å². The lowest BCUT2D eigenvalue weighted by Crippen LogP contribution is -2.45. The van der Waals surface area contributed by atoms with Gasteiger partial charge in [0.05, 0.1) is 10.7 Å². The van der Waals surface area contributed by atoms with E-state index in [4.69, 9.17) is 16.3 Å². The van der Waals surface area contributed by atoms with Crippen LogP contribution in [0.15, 0.2) is 60.0 Å². The lowest BCUT2D eigenvalue weighted by molar-refractivity contribution is 0.161. The first-order valence-corrected chi connectivity index (χ1v) is 12.0. The molecule has 7 nitrogen and oxygen atoms in total. The normalized spacial score (nSPS) is 14.9. The molecule has 1 fully saturated rings. The maximum atomic E-state index is 6.41. The lowest BCUT2D eigenvalue weighted by Gasteiger charge is -2.32. The Morgan fingerprint density at radius 3 is 2.72 bits per heavy atom. The summed E-state index contributed by atoms with van der Waals surface area (Å²) in [4.78, 5) is 18.1. The number of likely N-dealkylation sites (N-methyl/N-ethyl adjacent to an activating group) is 1. The number of nitrogens with zero attached hydrogens (tertiary/aromatic N) is 5. The van der Waals surface area contributed by atoms with E-state index in [9.17, 15) is 0 Å². The molecule has 3 heterocycles. The summed E-state index contributed by atoms with van der Waals surface area (Å²) in [6.07, 6.45) is 3.52. The lowest BCUT2D eigenvalue weighted by atomic mass is 10.3. The van der Waals surface area contributed by atoms with Gasteiger partial charge >= 0.3 is 0 Å². The minimum atomic E-state index is 0.369. The maximum absolute atomic E-state index is 6.41. The molecule has 0 aliphatic carbocycles.